The molecule has 0 spiro atoms. The maximum absolute atomic E-state index is 5.30. The van der Waals surface area contributed by atoms with Crippen molar-refractivity contribution < 1.29 is 4.74 Å². The van der Waals surface area contributed by atoms with Crippen molar-refractivity contribution in [3.63, 3.8) is 0 Å². The smallest absolute Gasteiger partial charge is 0.118 e. The zero-order valence-corrected chi connectivity index (χ0v) is 14.2. The highest BCUT2D eigenvalue weighted by Gasteiger charge is 2.20. The number of fused-ring (bicyclic) bond motifs is 1. The molecule has 24 heavy (non-hydrogen) atoms. The molecular formula is C21H17NOS. The standard InChI is InChI=1S/C21H17NOS/c1-23-17-13-11-16(12-14-17)20(15-7-3-2-4-8-15)21-22-18-9-5-6-10-19(18)24-21/h2-14,20H,1H3. The summed E-state index contributed by atoms with van der Waals surface area (Å²) in [5.41, 5.74) is 3.54. The molecule has 4 aromatic rings. The molecule has 1 heterocycles. The first-order valence-corrected chi connectivity index (χ1v) is 8.71. The average Bonchev–Trinajstić information content (AvgIpc) is 3.07. The second-order valence-corrected chi connectivity index (χ2v) is 6.70. The third-order valence-electron chi connectivity index (χ3n) is 4.14. The highest BCUT2D eigenvalue weighted by atomic mass is 32.1. The number of para-hydroxylation sites is 1. The molecule has 0 radical (unpaired) electrons. The monoisotopic (exact) mass is 331 g/mol. The Morgan fingerprint density at radius 1 is 0.792 bits per heavy atom. The van der Waals surface area contributed by atoms with E-state index in [9.17, 15) is 0 Å². The SMILES string of the molecule is COc1ccc(C(c2ccccc2)c2nc3ccccc3s2)cc1. The molecule has 0 aliphatic carbocycles. The molecule has 0 bridgehead atoms. The Balaban J connectivity index is 1.86. The normalized spacial score (nSPS) is 12.2. The molecule has 1 aromatic heterocycles. The number of aromatic nitrogens is 1. The molecule has 118 valence electrons. The van der Waals surface area contributed by atoms with Gasteiger partial charge in [0.25, 0.3) is 0 Å². The van der Waals surface area contributed by atoms with Crippen molar-refractivity contribution in [2.75, 3.05) is 7.11 Å². The molecule has 2 nitrogen and oxygen atoms in total. The van der Waals surface area contributed by atoms with Crippen molar-refractivity contribution in [2.45, 2.75) is 5.92 Å². The second-order valence-electron chi connectivity index (χ2n) is 5.64. The van der Waals surface area contributed by atoms with Crippen molar-refractivity contribution in [1.29, 1.82) is 0 Å². The van der Waals surface area contributed by atoms with Gasteiger partial charge in [0.05, 0.1) is 23.2 Å². The zero-order chi connectivity index (χ0) is 16.4. The molecule has 3 aromatic carbocycles. The van der Waals surface area contributed by atoms with Crippen molar-refractivity contribution >= 4 is 21.6 Å². The van der Waals surface area contributed by atoms with Gasteiger partial charge in [-0.2, -0.15) is 0 Å². The second kappa shape index (κ2) is 6.46. The van der Waals surface area contributed by atoms with E-state index in [1.165, 1.54) is 15.8 Å². The number of hydrogen-bond acceptors (Lipinski definition) is 3. The van der Waals surface area contributed by atoms with E-state index in [1.54, 1.807) is 18.4 Å². The summed E-state index contributed by atoms with van der Waals surface area (Å²) in [5.74, 6) is 1.00. The van der Waals surface area contributed by atoms with Crippen LogP contribution in [0.5, 0.6) is 5.75 Å². The highest BCUT2D eigenvalue weighted by Crippen LogP contribution is 2.36. The van der Waals surface area contributed by atoms with Crippen molar-refractivity contribution in [2.24, 2.45) is 0 Å². The van der Waals surface area contributed by atoms with Gasteiger partial charge in [-0.05, 0) is 35.4 Å². The van der Waals surface area contributed by atoms with Gasteiger partial charge in [-0.1, -0.05) is 54.6 Å². The predicted molar refractivity (Wildman–Crippen MR) is 100 cm³/mol. The van der Waals surface area contributed by atoms with Gasteiger partial charge < -0.3 is 4.74 Å². The lowest BCUT2D eigenvalue weighted by molar-refractivity contribution is 0.414. The van der Waals surface area contributed by atoms with E-state index in [4.69, 9.17) is 9.72 Å². The first kappa shape index (κ1) is 14.9. The fraction of sp³-hybridized carbons (Fsp3) is 0.0952. The molecular weight excluding hydrogens is 314 g/mol. The summed E-state index contributed by atoms with van der Waals surface area (Å²) < 4.78 is 6.52. The Bertz CT molecular complexity index is 911. The molecule has 0 amide bonds. The molecule has 1 atom stereocenters. The lowest BCUT2D eigenvalue weighted by Crippen LogP contribution is -2.02. The van der Waals surface area contributed by atoms with Gasteiger partial charge in [0.2, 0.25) is 0 Å². The van der Waals surface area contributed by atoms with Gasteiger partial charge in [0, 0.05) is 0 Å². The highest BCUT2D eigenvalue weighted by molar-refractivity contribution is 7.18. The van der Waals surface area contributed by atoms with Crippen molar-refractivity contribution in [3.05, 3.63) is 95.0 Å². The van der Waals surface area contributed by atoms with Crippen molar-refractivity contribution in [3.8, 4) is 5.75 Å². The van der Waals surface area contributed by atoms with Crippen LogP contribution in [0.3, 0.4) is 0 Å². The Labute approximate surface area is 145 Å². The summed E-state index contributed by atoms with van der Waals surface area (Å²) in [5, 5.41) is 1.12. The van der Waals surface area contributed by atoms with Crippen LogP contribution in [0.1, 0.15) is 22.1 Å². The minimum Gasteiger partial charge on any atom is -0.497 e. The Morgan fingerprint density at radius 2 is 1.46 bits per heavy atom. The third-order valence-corrected chi connectivity index (χ3v) is 5.24. The number of rotatable bonds is 4. The molecule has 3 heteroatoms. The summed E-state index contributed by atoms with van der Waals surface area (Å²) >= 11 is 1.76. The molecule has 0 aliphatic rings. The largest absolute Gasteiger partial charge is 0.497 e. The summed E-state index contributed by atoms with van der Waals surface area (Å²) in [6.45, 7) is 0. The van der Waals surface area contributed by atoms with Crippen LogP contribution in [-0.2, 0) is 0 Å². The summed E-state index contributed by atoms with van der Waals surface area (Å²) in [7, 11) is 1.69. The van der Waals surface area contributed by atoms with E-state index < -0.39 is 0 Å². The molecule has 0 saturated carbocycles. The van der Waals surface area contributed by atoms with Crippen LogP contribution >= 0.6 is 11.3 Å². The minimum absolute atomic E-state index is 0.134. The topological polar surface area (TPSA) is 22.1 Å². The quantitative estimate of drug-likeness (QED) is 0.493. The van der Waals surface area contributed by atoms with E-state index >= 15 is 0 Å². The van der Waals surface area contributed by atoms with E-state index in [-0.39, 0.29) is 5.92 Å². The van der Waals surface area contributed by atoms with Gasteiger partial charge >= 0.3 is 0 Å². The van der Waals surface area contributed by atoms with Gasteiger partial charge in [0.15, 0.2) is 0 Å². The molecule has 0 aliphatic heterocycles. The Hall–Kier alpha value is -2.65. The van der Waals surface area contributed by atoms with Crippen LogP contribution in [0.15, 0.2) is 78.9 Å². The van der Waals surface area contributed by atoms with Crippen LogP contribution in [0.2, 0.25) is 0 Å². The lowest BCUT2D eigenvalue weighted by atomic mass is 9.92. The first-order chi connectivity index (χ1) is 11.8. The minimum atomic E-state index is 0.134. The maximum Gasteiger partial charge on any atom is 0.118 e. The van der Waals surface area contributed by atoms with Gasteiger partial charge in [-0.25, -0.2) is 4.98 Å². The zero-order valence-electron chi connectivity index (χ0n) is 13.3. The van der Waals surface area contributed by atoms with E-state index in [0.717, 1.165) is 16.3 Å². The fourth-order valence-corrected chi connectivity index (χ4v) is 4.06. The van der Waals surface area contributed by atoms with Crippen LogP contribution in [0.4, 0.5) is 0 Å². The van der Waals surface area contributed by atoms with Gasteiger partial charge in [0.1, 0.15) is 10.8 Å². The summed E-state index contributed by atoms with van der Waals surface area (Å²) in [6.07, 6.45) is 0. The number of ether oxygens (including phenoxy) is 1. The third kappa shape index (κ3) is 2.79. The Morgan fingerprint density at radius 3 is 2.17 bits per heavy atom. The lowest BCUT2D eigenvalue weighted by Gasteiger charge is -2.16. The van der Waals surface area contributed by atoms with E-state index in [0.29, 0.717) is 0 Å². The molecule has 0 N–H and O–H groups in total. The van der Waals surface area contributed by atoms with Gasteiger partial charge in [-0.3, -0.25) is 0 Å². The van der Waals surface area contributed by atoms with Crippen LogP contribution in [-0.4, -0.2) is 12.1 Å². The van der Waals surface area contributed by atoms with Gasteiger partial charge in [-0.15, -0.1) is 11.3 Å². The predicted octanol–water partition coefficient (Wildman–Crippen LogP) is 5.49. The number of benzene rings is 3. The Kier molecular flexibility index (Phi) is 4.01. The fourth-order valence-electron chi connectivity index (χ4n) is 2.93. The number of thiazole rings is 1. The summed E-state index contributed by atoms with van der Waals surface area (Å²) in [4.78, 5) is 4.90. The molecule has 4 rings (SSSR count). The first-order valence-electron chi connectivity index (χ1n) is 7.89. The molecule has 0 saturated heterocycles. The maximum atomic E-state index is 5.30. The number of hydrogen-bond donors (Lipinski definition) is 0. The summed E-state index contributed by atoms with van der Waals surface area (Å²) in [6, 6.07) is 27.1. The van der Waals surface area contributed by atoms with Crippen LogP contribution in [0.25, 0.3) is 10.2 Å². The molecule has 1 unspecified atom stereocenters. The van der Waals surface area contributed by atoms with Crippen LogP contribution in [0, 0.1) is 0 Å². The average molecular weight is 331 g/mol. The van der Waals surface area contributed by atoms with Crippen molar-refractivity contribution in [1.82, 2.24) is 4.98 Å². The number of methoxy groups -OCH3 is 1. The van der Waals surface area contributed by atoms with E-state index in [2.05, 4.69) is 54.6 Å². The number of nitrogens with zero attached hydrogens (tertiary/aromatic N) is 1. The van der Waals surface area contributed by atoms with Crippen LogP contribution < -0.4 is 4.74 Å². The molecule has 0 fully saturated rings. The van der Waals surface area contributed by atoms with E-state index in [1.807, 2.05) is 24.3 Å².